The number of hydrogen-bond acceptors (Lipinski definition) is 2. The summed E-state index contributed by atoms with van der Waals surface area (Å²) in [7, 11) is 0. The van der Waals surface area contributed by atoms with Crippen molar-refractivity contribution in [1.29, 1.82) is 0 Å². The average Bonchev–Trinajstić information content (AvgIpc) is 2.92. The first kappa shape index (κ1) is 16.7. The molecule has 0 unspecified atom stereocenters. The molecule has 0 N–H and O–H groups in total. The van der Waals surface area contributed by atoms with Crippen LogP contribution in [0.2, 0.25) is 0 Å². The van der Waals surface area contributed by atoms with Crippen LogP contribution in [0.25, 0.3) is 10.8 Å². The molecular formula is C20H25IN2. The second kappa shape index (κ2) is 6.08. The third-order valence-electron chi connectivity index (χ3n) is 4.64. The Kier molecular flexibility index (Phi) is 4.43. The molecule has 122 valence electrons. The van der Waals surface area contributed by atoms with Gasteiger partial charge in [-0.15, -0.1) is 0 Å². The highest BCUT2D eigenvalue weighted by molar-refractivity contribution is 14.1. The van der Waals surface area contributed by atoms with Gasteiger partial charge >= 0.3 is 0 Å². The van der Waals surface area contributed by atoms with E-state index in [1.165, 1.54) is 25.7 Å². The number of amidine groups is 1. The maximum Gasteiger partial charge on any atom is 0.133 e. The molecule has 1 aliphatic rings. The van der Waals surface area contributed by atoms with Crippen molar-refractivity contribution in [3.63, 3.8) is 0 Å². The molecule has 0 spiro atoms. The highest BCUT2D eigenvalue weighted by Gasteiger charge is 2.35. The Morgan fingerprint density at radius 3 is 2.48 bits per heavy atom. The topological polar surface area (TPSA) is 15.6 Å². The van der Waals surface area contributed by atoms with Gasteiger partial charge < -0.3 is 4.90 Å². The Balaban J connectivity index is 2.21. The maximum absolute atomic E-state index is 5.18. The molecule has 0 radical (unpaired) electrons. The van der Waals surface area contributed by atoms with Gasteiger partial charge in [-0.2, -0.15) is 0 Å². The molecule has 3 heteroatoms. The fraction of sp³-hybridized carbons (Fsp3) is 0.450. The zero-order chi connectivity index (χ0) is 16.8. The summed E-state index contributed by atoms with van der Waals surface area (Å²) < 4.78 is 1.28. The summed E-state index contributed by atoms with van der Waals surface area (Å²) in [4.78, 5) is 7.65. The third-order valence-corrected chi connectivity index (χ3v) is 5.54. The minimum atomic E-state index is 0.185. The predicted molar refractivity (Wildman–Crippen MR) is 108 cm³/mol. The van der Waals surface area contributed by atoms with Crippen LogP contribution in [0, 0.1) is 8.99 Å². The Labute approximate surface area is 153 Å². The summed E-state index contributed by atoms with van der Waals surface area (Å²) in [6.45, 7) is 12.4. The highest BCUT2D eigenvalue weighted by Crippen LogP contribution is 2.33. The third kappa shape index (κ3) is 3.12. The molecule has 2 nitrogen and oxygen atoms in total. The standard InChI is InChI=1S/C20H25IN2/c1-13(2)23-12-17(20(3,4)5)22-19(23)18-15-9-7-6-8-14(15)10-11-16(18)21/h6-11,13,17H,12H2,1-5H3/t17-/m1/s1. The van der Waals surface area contributed by atoms with E-state index >= 15 is 0 Å². The summed E-state index contributed by atoms with van der Waals surface area (Å²) in [6.07, 6.45) is 0. The number of fused-ring (bicyclic) bond motifs is 1. The Morgan fingerprint density at radius 2 is 1.83 bits per heavy atom. The van der Waals surface area contributed by atoms with Crippen molar-refractivity contribution >= 4 is 39.2 Å². The molecule has 0 saturated carbocycles. The van der Waals surface area contributed by atoms with Crippen molar-refractivity contribution < 1.29 is 0 Å². The molecule has 0 fully saturated rings. The molecule has 0 saturated heterocycles. The second-order valence-electron chi connectivity index (χ2n) is 7.72. The Bertz CT molecular complexity index is 756. The van der Waals surface area contributed by atoms with E-state index in [2.05, 4.69) is 98.5 Å². The van der Waals surface area contributed by atoms with Crippen molar-refractivity contribution in [3.05, 3.63) is 45.5 Å². The smallest absolute Gasteiger partial charge is 0.133 e. The molecule has 23 heavy (non-hydrogen) atoms. The molecule has 2 aromatic rings. The molecule has 0 aromatic heterocycles. The predicted octanol–water partition coefficient (Wildman–Crippen LogP) is 5.33. The number of halogens is 1. The van der Waals surface area contributed by atoms with Crippen LogP contribution in [0.4, 0.5) is 0 Å². The monoisotopic (exact) mass is 420 g/mol. The molecule has 1 atom stereocenters. The van der Waals surface area contributed by atoms with Crippen LogP contribution >= 0.6 is 22.6 Å². The first-order valence-corrected chi connectivity index (χ1v) is 9.39. The largest absolute Gasteiger partial charge is 0.352 e. The zero-order valence-corrected chi connectivity index (χ0v) is 16.8. The van der Waals surface area contributed by atoms with Gasteiger partial charge in [0.25, 0.3) is 0 Å². The van der Waals surface area contributed by atoms with Gasteiger partial charge in [-0.3, -0.25) is 4.99 Å². The van der Waals surface area contributed by atoms with Gasteiger partial charge in [0.1, 0.15) is 5.84 Å². The lowest BCUT2D eigenvalue weighted by atomic mass is 9.87. The Hall–Kier alpha value is -1.10. The summed E-state index contributed by atoms with van der Waals surface area (Å²) in [5, 5.41) is 2.59. The van der Waals surface area contributed by atoms with Crippen LogP contribution in [0.1, 0.15) is 40.2 Å². The van der Waals surface area contributed by atoms with Gasteiger partial charge in [0.2, 0.25) is 0 Å². The van der Waals surface area contributed by atoms with E-state index in [1.54, 1.807) is 0 Å². The van der Waals surface area contributed by atoms with E-state index in [-0.39, 0.29) is 5.41 Å². The van der Waals surface area contributed by atoms with Gasteiger partial charge in [-0.05, 0) is 58.7 Å². The van der Waals surface area contributed by atoms with Crippen LogP contribution in [0.15, 0.2) is 41.4 Å². The molecule has 1 heterocycles. The van der Waals surface area contributed by atoms with Crippen LogP contribution < -0.4 is 0 Å². The summed E-state index contributed by atoms with van der Waals surface area (Å²) in [6, 6.07) is 13.8. The van der Waals surface area contributed by atoms with Gasteiger partial charge in [-0.1, -0.05) is 51.1 Å². The lowest BCUT2D eigenvalue weighted by Gasteiger charge is -2.29. The molecule has 0 aliphatic carbocycles. The lowest BCUT2D eigenvalue weighted by molar-refractivity contribution is 0.269. The van der Waals surface area contributed by atoms with Crippen molar-refractivity contribution in [2.24, 2.45) is 10.4 Å². The molecule has 1 aliphatic heterocycles. The minimum absolute atomic E-state index is 0.185. The van der Waals surface area contributed by atoms with E-state index in [0.717, 1.165) is 6.54 Å². The fourth-order valence-corrected chi connectivity index (χ4v) is 3.85. The SMILES string of the molecule is CC(C)N1C[C@H](C(C)(C)C)N=C1c1c(I)ccc2ccccc12. The van der Waals surface area contributed by atoms with E-state index < -0.39 is 0 Å². The first-order chi connectivity index (χ1) is 10.8. The molecule has 0 bridgehead atoms. The van der Waals surface area contributed by atoms with Crippen LogP contribution in [0.3, 0.4) is 0 Å². The van der Waals surface area contributed by atoms with Gasteiger partial charge in [0, 0.05) is 21.7 Å². The fourth-order valence-electron chi connectivity index (χ4n) is 3.14. The molecule has 2 aromatic carbocycles. The lowest BCUT2D eigenvalue weighted by Crippen LogP contribution is -2.38. The summed E-state index contributed by atoms with van der Waals surface area (Å²) in [5.41, 5.74) is 1.48. The molecule has 3 rings (SSSR count). The first-order valence-electron chi connectivity index (χ1n) is 8.31. The van der Waals surface area contributed by atoms with Crippen molar-refractivity contribution in [2.45, 2.75) is 46.7 Å². The van der Waals surface area contributed by atoms with Crippen LogP contribution in [0.5, 0.6) is 0 Å². The number of hydrogen-bond donors (Lipinski definition) is 0. The van der Waals surface area contributed by atoms with E-state index in [0.29, 0.717) is 12.1 Å². The Morgan fingerprint density at radius 1 is 1.13 bits per heavy atom. The quantitative estimate of drug-likeness (QED) is 0.600. The number of rotatable bonds is 2. The normalized spacial score (nSPS) is 18.8. The van der Waals surface area contributed by atoms with E-state index in [9.17, 15) is 0 Å². The summed E-state index contributed by atoms with van der Waals surface area (Å²) in [5.74, 6) is 1.17. The van der Waals surface area contributed by atoms with Crippen molar-refractivity contribution in [2.75, 3.05) is 6.54 Å². The van der Waals surface area contributed by atoms with E-state index in [4.69, 9.17) is 4.99 Å². The molecule has 0 amide bonds. The van der Waals surface area contributed by atoms with Crippen molar-refractivity contribution in [1.82, 2.24) is 4.90 Å². The highest BCUT2D eigenvalue weighted by atomic mass is 127. The van der Waals surface area contributed by atoms with Crippen LogP contribution in [-0.4, -0.2) is 29.4 Å². The minimum Gasteiger partial charge on any atom is -0.352 e. The second-order valence-corrected chi connectivity index (χ2v) is 8.89. The number of nitrogens with zero attached hydrogens (tertiary/aromatic N) is 2. The number of aliphatic imine (C=N–C) groups is 1. The summed E-state index contributed by atoms with van der Waals surface area (Å²) >= 11 is 2.45. The van der Waals surface area contributed by atoms with Crippen molar-refractivity contribution in [3.8, 4) is 0 Å². The maximum atomic E-state index is 5.18. The van der Waals surface area contributed by atoms with Crippen LogP contribution in [-0.2, 0) is 0 Å². The average molecular weight is 420 g/mol. The van der Waals surface area contributed by atoms with Gasteiger partial charge in [-0.25, -0.2) is 0 Å². The molecular weight excluding hydrogens is 395 g/mol. The van der Waals surface area contributed by atoms with Gasteiger partial charge in [0.15, 0.2) is 0 Å². The number of benzene rings is 2. The van der Waals surface area contributed by atoms with E-state index in [1.807, 2.05) is 0 Å². The van der Waals surface area contributed by atoms with Gasteiger partial charge in [0.05, 0.1) is 6.04 Å². The zero-order valence-electron chi connectivity index (χ0n) is 14.6.